The first-order valence-corrected chi connectivity index (χ1v) is 12.0. The number of Topliss-reactive ketones (excluding diaryl/α,β-unsaturated/α-hetero) is 1. The molecule has 0 aromatic carbocycles. The number of unbranched alkanes of at least 4 members (excludes halogenated alkanes) is 2. The summed E-state index contributed by atoms with van der Waals surface area (Å²) in [5, 5.41) is 0. The fraction of sp³-hybridized carbons (Fsp3) is 0.680. The third-order valence-electron chi connectivity index (χ3n) is 7.42. The van der Waals surface area contributed by atoms with Crippen molar-refractivity contribution in [1.29, 1.82) is 0 Å². The normalized spacial score (nSPS) is 27.3. The minimum atomic E-state index is -0.599. The van der Waals surface area contributed by atoms with Crippen molar-refractivity contribution < 1.29 is 19.1 Å². The van der Waals surface area contributed by atoms with Crippen LogP contribution in [-0.2, 0) is 25.5 Å². The number of hydrogen-bond donors (Lipinski definition) is 0. The maximum absolute atomic E-state index is 13.1. The number of likely N-dealkylation sites (tertiary alicyclic amines) is 1. The topological polar surface area (TPSA) is 76.6 Å². The van der Waals surface area contributed by atoms with Gasteiger partial charge < -0.3 is 9.64 Å². The number of esters is 1. The van der Waals surface area contributed by atoms with Crippen molar-refractivity contribution in [1.82, 2.24) is 9.88 Å². The summed E-state index contributed by atoms with van der Waals surface area (Å²) in [6, 6.07) is 3.41. The molecule has 3 fully saturated rings. The zero-order valence-electron chi connectivity index (χ0n) is 18.4. The molecule has 1 saturated heterocycles. The van der Waals surface area contributed by atoms with E-state index < -0.39 is 17.4 Å². The summed E-state index contributed by atoms with van der Waals surface area (Å²) in [7, 11) is 0. The van der Waals surface area contributed by atoms with E-state index in [-0.39, 0.29) is 11.8 Å². The van der Waals surface area contributed by atoms with Gasteiger partial charge in [-0.05, 0) is 81.8 Å². The van der Waals surface area contributed by atoms with Crippen molar-refractivity contribution in [3.05, 3.63) is 30.1 Å². The van der Waals surface area contributed by atoms with Crippen molar-refractivity contribution in [2.75, 3.05) is 13.2 Å². The molecule has 0 N–H and O–H groups in total. The molecular formula is C25H34N2O4. The quantitative estimate of drug-likeness (QED) is 0.340. The molecule has 6 heteroatoms. The van der Waals surface area contributed by atoms with E-state index in [0.717, 1.165) is 70.6 Å². The SMILES string of the molecule is O=C(OCCCCCc1cccnc1)C1CCCCN1C(=O)C(=O)[C@]12CCCCC1C2. The number of ketones is 1. The Morgan fingerprint density at radius 2 is 1.97 bits per heavy atom. The maximum Gasteiger partial charge on any atom is 0.328 e. The van der Waals surface area contributed by atoms with E-state index in [0.29, 0.717) is 25.5 Å². The second-order valence-corrected chi connectivity index (χ2v) is 9.48. The number of carbonyl (C=O) groups is 3. The van der Waals surface area contributed by atoms with Crippen molar-refractivity contribution in [2.24, 2.45) is 11.3 Å². The van der Waals surface area contributed by atoms with Gasteiger partial charge in [-0.1, -0.05) is 18.9 Å². The first kappa shape index (κ1) is 22.0. The zero-order chi connectivity index (χ0) is 21.7. The molecule has 3 atom stereocenters. The summed E-state index contributed by atoms with van der Waals surface area (Å²) in [6.07, 6.45) is 14.7. The minimum Gasteiger partial charge on any atom is -0.464 e. The zero-order valence-corrected chi connectivity index (χ0v) is 18.4. The Morgan fingerprint density at radius 1 is 1.10 bits per heavy atom. The Bertz CT molecular complexity index is 796. The van der Waals surface area contributed by atoms with E-state index in [2.05, 4.69) is 11.1 Å². The highest BCUT2D eigenvalue weighted by molar-refractivity contribution is 6.39. The first-order valence-electron chi connectivity index (χ1n) is 12.0. The molecule has 1 amide bonds. The van der Waals surface area contributed by atoms with E-state index in [1.807, 2.05) is 12.3 Å². The molecule has 1 aromatic rings. The van der Waals surface area contributed by atoms with Crippen molar-refractivity contribution in [3.63, 3.8) is 0 Å². The van der Waals surface area contributed by atoms with Crippen LogP contribution in [0.1, 0.15) is 76.2 Å². The van der Waals surface area contributed by atoms with Gasteiger partial charge in [-0.2, -0.15) is 0 Å². The average Bonchev–Trinajstić information content (AvgIpc) is 3.57. The predicted octanol–water partition coefficient (Wildman–Crippen LogP) is 3.87. The smallest absolute Gasteiger partial charge is 0.328 e. The van der Waals surface area contributed by atoms with E-state index in [4.69, 9.17) is 4.74 Å². The number of aryl methyl sites for hydroxylation is 1. The van der Waals surface area contributed by atoms with Crippen molar-refractivity contribution in [2.45, 2.75) is 83.1 Å². The summed E-state index contributed by atoms with van der Waals surface area (Å²) in [4.78, 5) is 44.5. The van der Waals surface area contributed by atoms with Gasteiger partial charge in [-0.15, -0.1) is 0 Å². The average molecular weight is 427 g/mol. The Morgan fingerprint density at radius 3 is 2.77 bits per heavy atom. The van der Waals surface area contributed by atoms with Crippen LogP contribution >= 0.6 is 0 Å². The molecule has 3 aliphatic rings. The number of hydrogen-bond acceptors (Lipinski definition) is 5. The van der Waals surface area contributed by atoms with Gasteiger partial charge in [0.2, 0.25) is 5.78 Å². The van der Waals surface area contributed by atoms with Crippen LogP contribution < -0.4 is 0 Å². The Labute approximate surface area is 184 Å². The molecule has 1 aromatic heterocycles. The van der Waals surface area contributed by atoms with Crippen LogP contribution in [0, 0.1) is 11.3 Å². The van der Waals surface area contributed by atoms with Crippen LogP contribution in [0.3, 0.4) is 0 Å². The number of nitrogens with zero attached hydrogens (tertiary/aromatic N) is 2. The van der Waals surface area contributed by atoms with Crippen molar-refractivity contribution >= 4 is 17.7 Å². The molecule has 0 spiro atoms. The van der Waals surface area contributed by atoms with Crippen LogP contribution in [0.2, 0.25) is 0 Å². The van der Waals surface area contributed by atoms with Gasteiger partial charge in [0.15, 0.2) is 0 Å². The monoisotopic (exact) mass is 426 g/mol. The Hall–Kier alpha value is -2.24. The van der Waals surface area contributed by atoms with Crippen LogP contribution in [0.4, 0.5) is 0 Å². The molecule has 168 valence electrons. The van der Waals surface area contributed by atoms with Gasteiger partial charge in [-0.3, -0.25) is 14.6 Å². The van der Waals surface area contributed by atoms with E-state index in [9.17, 15) is 14.4 Å². The molecule has 0 radical (unpaired) electrons. The number of piperidine rings is 1. The highest BCUT2D eigenvalue weighted by Crippen LogP contribution is 2.62. The largest absolute Gasteiger partial charge is 0.464 e. The lowest BCUT2D eigenvalue weighted by molar-refractivity contribution is -0.160. The van der Waals surface area contributed by atoms with Crippen molar-refractivity contribution in [3.8, 4) is 0 Å². The number of carbonyl (C=O) groups excluding carboxylic acids is 3. The second-order valence-electron chi connectivity index (χ2n) is 9.48. The number of rotatable bonds is 9. The van der Waals surface area contributed by atoms with Gasteiger partial charge in [0.05, 0.1) is 6.61 Å². The lowest BCUT2D eigenvalue weighted by atomic mass is 9.84. The van der Waals surface area contributed by atoms with Crippen LogP contribution in [0.15, 0.2) is 24.5 Å². The minimum absolute atomic E-state index is 0.243. The highest BCUT2D eigenvalue weighted by atomic mass is 16.5. The number of ether oxygens (including phenoxy) is 1. The summed E-state index contributed by atoms with van der Waals surface area (Å²) in [5.41, 5.74) is 0.811. The second kappa shape index (κ2) is 9.92. The maximum atomic E-state index is 13.1. The summed E-state index contributed by atoms with van der Waals surface area (Å²) < 4.78 is 5.52. The lowest BCUT2D eigenvalue weighted by Gasteiger charge is -2.34. The van der Waals surface area contributed by atoms with E-state index in [1.165, 1.54) is 10.5 Å². The number of aromatic nitrogens is 1. The van der Waals surface area contributed by atoms with Gasteiger partial charge in [0.1, 0.15) is 6.04 Å². The van der Waals surface area contributed by atoms with Gasteiger partial charge in [0.25, 0.3) is 5.91 Å². The highest BCUT2D eigenvalue weighted by Gasteiger charge is 2.62. The van der Waals surface area contributed by atoms with Gasteiger partial charge in [-0.25, -0.2) is 4.79 Å². The Balaban J connectivity index is 1.23. The molecule has 1 aliphatic heterocycles. The van der Waals surface area contributed by atoms with E-state index >= 15 is 0 Å². The molecule has 0 bridgehead atoms. The Kier molecular flexibility index (Phi) is 7.03. The predicted molar refractivity (Wildman–Crippen MR) is 116 cm³/mol. The van der Waals surface area contributed by atoms with Gasteiger partial charge in [0, 0.05) is 24.4 Å². The summed E-state index contributed by atoms with van der Waals surface area (Å²) in [5.74, 6) is -0.643. The number of fused-ring (bicyclic) bond motifs is 1. The molecular weight excluding hydrogens is 392 g/mol. The molecule has 2 heterocycles. The van der Waals surface area contributed by atoms with Crippen LogP contribution in [0.5, 0.6) is 0 Å². The first-order chi connectivity index (χ1) is 15.1. The van der Waals surface area contributed by atoms with E-state index in [1.54, 1.807) is 6.20 Å². The molecule has 2 saturated carbocycles. The number of pyridine rings is 1. The van der Waals surface area contributed by atoms with Gasteiger partial charge >= 0.3 is 5.97 Å². The molecule has 2 unspecified atom stereocenters. The number of amides is 1. The standard InChI is InChI=1S/C25H34N2O4/c28-22(25-13-5-3-11-20(25)17-25)23(29)27-15-6-4-12-21(27)24(30)31-16-7-1-2-9-19-10-8-14-26-18-19/h8,10,14,18,20-21H,1-7,9,11-13,15-17H2/t20?,21?,25-/m0/s1. The fourth-order valence-electron chi connectivity index (χ4n) is 5.47. The summed E-state index contributed by atoms with van der Waals surface area (Å²) >= 11 is 0. The molecule has 6 nitrogen and oxygen atoms in total. The summed E-state index contributed by atoms with van der Waals surface area (Å²) in [6.45, 7) is 0.848. The third-order valence-corrected chi connectivity index (χ3v) is 7.42. The third kappa shape index (κ3) is 4.99. The van der Waals surface area contributed by atoms with Crippen LogP contribution in [-0.4, -0.2) is 46.7 Å². The lowest BCUT2D eigenvalue weighted by Crippen LogP contribution is -2.52. The fourth-order valence-corrected chi connectivity index (χ4v) is 5.47. The molecule has 2 aliphatic carbocycles. The van der Waals surface area contributed by atoms with Crippen LogP contribution in [0.25, 0.3) is 0 Å². The molecule has 4 rings (SSSR count). The molecule has 31 heavy (non-hydrogen) atoms.